The molecule has 0 atom stereocenters. The van der Waals surface area contributed by atoms with Gasteiger partial charge in [0.05, 0.1) is 24.2 Å². The molecule has 150 valence electrons. The highest BCUT2D eigenvalue weighted by Gasteiger charge is 2.24. The van der Waals surface area contributed by atoms with Crippen LogP contribution < -0.4 is 10.9 Å². The van der Waals surface area contributed by atoms with Crippen LogP contribution in [0, 0.1) is 16.0 Å². The lowest BCUT2D eigenvalue weighted by molar-refractivity contribution is -0.384. The minimum atomic E-state index is -0.466. The lowest BCUT2D eigenvalue weighted by atomic mass is 9.85. The summed E-state index contributed by atoms with van der Waals surface area (Å²) in [5.41, 5.74) is 0.983. The number of fused-ring (bicyclic) bond motifs is 1. The second-order valence-electron chi connectivity index (χ2n) is 7.13. The van der Waals surface area contributed by atoms with E-state index in [4.69, 9.17) is 0 Å². The van der Waals surface area contributed by atoms with Crippen LogP contribution in [0.5, 0.6) is 0 Å². The molecule has 0 saturated heterocycles. The highest BCUT2D eigenvalue weighted by Crippen LogP contribution is 2.26. The van der Waals surface area contributed by atoms with E-state index in [9.17, 15) is 19.7 Å². The van der Waals surface area contributed by atoms with E-state index in [1.54, 1.807) is 16.8 Å². The molecule has 1 aliphatic carbocycles. The van der Waals surface area contributed by atoms with Crippen molar-refractivity contribution in [1.29, 1.82) is 0 Å². The van der Waals surface area contributed by atoms with Gasteiger partial charge < -0.3 is 5.32 Å². The van der Waals surface area contributed by atoms with Crippen molar-refractivity contribution in [1.82, 2.24) is 24.6 Å². The number of hydrogen-bond donors (Lipinski definition) is 1. The minimum Gasteiger partial charge on any atom is -0.354 e. The van der Waals surface area contributed by atoms with Gasteiger partial charge in [0.2, 0.25) is 5.91 Å². The first-order valence-corrected chi connectivity index (χ1v) is 9.45. The molecule has 10 heteroatoms. The van der Waals surface area contributed by atoms with E-state index in [2.05, 4.69) is 15.4 Å². The maximum atomic E-state index is 12.7. The number of non-ortho nitro benzene ring substituents is 1. The van der Waals surface area contributed by atoms with Gasteiger partial charge in [-0.3, -0.25) is 24.3 Å². The predicted molar refractivity (Wildman–Crippen MR) is 104 cm³/mol. The van der Waals surface area contributed by atoms with Gasteiger partial charge in [-0.25, -0.2) is 9.67 Å². The zero-order valence-corrected chi connectivity index (χ0v) is 15.7. The smallest absolute Gasteiger partial charge is 0.269 e. The molecule has 1 saturated carbocycles. The van der Waals surface area contributed by atoms with Crippen molar-refractivity contribution in [2.45, 2.75) is 32.4 Å². The molecule has 2 aromatic heterocycles. The number of carbonyl (C=O) groups excluding carboxylic acids is 1. The van der Waals surface area contributed by atoms with Gasteiger partial charge >= 0.3 is 0 Å². The number of benzene rings is 1. The zero-order chi connectivity index (χ0) is 20.4. The summed E-state index contributed by atoms with van der Waals surface area (Å²) in [7, 11) is 0. The third-order valence-corrected chi connectivity index (χ3v) is 5.22. The van der Waals surface area contributed by atoms with Crippen molar-refractivity contribution in [2.24, 2.45) is 5.92 Å². The molecule has 0 bridgehead atoms. The number of nitrogens with zero attached hydrogens (tertiary/aromatic N) is 5. The summed E-state index contributed by atoms with van der Waals surface area (Å²) in [6.07, 6.45) is 5.93. The molecule has 29 heavy (non-hydrogen) atoms. The molecule has 1 fully saturated rings. The summed E-state index contributed by atoms with van der Waals surface area (Å²) < 4.78 is 3.04. The van der Waals surface area contributed by atoms with Crippen molar-refractivity contribution in [3.05, 3.63) is 62.8 Å². The van der Waals surface area contributed by atoms with Gasteiger partial charge in [0.15, 0.2) is 5.65 Å². The predicted octanol–water partition coefficient (Wildman–Crippen LogP) is 1.47. The maximum Gasteiger partial charge on any atom is 0.269 e. The molecular formula is C19H20N6O4. The van der Waals surface area contributed by atoms with Crippen LogP contribution in [0.1, 0.15) is 24.8 Å². The van der Waals surface area contributed by atoms with Crippen LogP contribution in [0.15, 0.2) is 41.6 Å². The molecule has 3 aromatic rings. The Kier molecular flexibility index (Phi) is 5.07. The average molecular weight is 396 g/mol. The van der Waals surface area contributed by atoms with Gasteiger partial charge in [0.25, 0.3) is 11.2 Å². The average Bonchev–Trinajstić information content (AvgIpc) is 3.07. The Bertz CT molecular complexity index is 1110. The summed E-state index contributed by atoms with van der Waals surface area (Å²) in [5.74, 6) is 0.209. The van der Waals surface area contributed by atoms with E-state index in [-0.39, 0.29) is 29.6 Å². The van der Waals surface area contributed by atoms with Crippen LogP contribution in [0.25, 0.3) is 11.0 Å². The third kappa shape index (κ3) is 3.86. The van der Waals surface area contributed by atoms with Crippen LogP contribution >= 0.6 is 0 Å². The van der Waals surface area contributed by atoms with Gasteiger partial charge in [-0.05, 0) is 18.4 Å². The second-order valence-corrected chi connectivity index (χ2v) is 7.13. The molecule has 4 rings (SSSR count). The fourth-order valence-corrected chi connectivity index (χ4v) is 3.29. The third-order valence-electron chi connectivity index (χ3n) is 5.22. The number of aromatic nitrogens is 4. The van der Waals surface area contributed by atoms with Gasteiger partial charge in [0.1, 0.15) is 11.7 Å². The number of amides is 1. The van der Waals surface area contributed by atoms with Crippen molar-refractivity contribution >= 4 is 22.6 Å². The molecule has 1 amide bonds. The topological polar surface area (TPSA) is 125 Å². The minimum absolute atomic E-state index is 0.000324. The van der Waals surface area contributed by atoms with E-state index < -0.39 is 4.92 Å². The van der Waals surface area contributed by atoms with Crippen molar-refractivity contribution in [3.63, 3.8) is 0 Å². The normalized spacial score (nSPS) is 13.9. The fraction of sp³-hybridized carbons (Fsp3) is 0.368. The standard InChI is InChI=1S/C19H20N6O4/c26-18(14-2-1-3-14)20-8-9-24-17-16(10-22-24)19(27)23(12-21-17)11-13-4-6-15(7-5-13)25(28)29/h4-7,10,12,14H,1-3,8-9,11H2,(H,20,26). The zero-order valence-electron chi connectivity index (χ0n) is 15.7. The van der Waals surface area contributed by atoms with Crippen LogP contribution in [0.3, 0.4) is 0 Å². The number of nitro benzene ring substituents is 1. The molecule has 1 N–H and O–H groups in total. The fourth-order valence-electron chi connectivity index (χ4n) is 3.29. The lowest BCUT2D eigenvalue weighted by Crippen LogP contribution is -2.36. The first-order valence-electron chi connectivity index (χ1n) is 9.45. The Labute approximate surface area is 165 Å². The first-order chi connectivity index (χ1) is 14.0. The Morgan fingerprint density at radius 1 is 1.28 bits per heavy atom. The monoisotopic (exact) mass is 396 g/mol. The van der Waals surface area contributed by atoms with Gasteiger partial charge in [-0.1, -0.05) is 18.6 Å². The molecule has 1 aliphatic rings. The summed E-state index contributed by atoms with van der Waals surface area (Å²) in [6, 6.07) is 6.04. The van der Waals surface area contributed by atoms with Gasteiger partial charge in [-0.15, -0.1) is 0 Å². The Hall–Kier alpha value is -3.56. The molecule has 0 radical (unpaired) electrons. The molecule has 10 nitrogen and oxygen atoms in total. The number of hydrogen-bond acceptors (Lipinski definition) is 6. The maximum absolute atomic E-state index is 12.7. The number of nitrogens with one attached hydrogen (secondary N) is 1. The van der Waals surface area contributed by atoms with E-state index in [0.29, 0.717) is 24.1 Å². The van der Waals surface area contributed by atoms with Crippen molar-refractivity contribution in [2.75, 3.05) is 6.54 Å². The van der Waals surface area contributed by atoms with Crippen molar-refractivity contribution < 1.29 is 9.72 Å². The summed E-state index contributed by atoms with van der Waals surface area (Å²) in [4.78, 5) is 39.3. The van der Waals surface area contributed by atoms with Crippen LogP contribution in [0.4, 0.5) is 5.69 Å². The molecule has 0 spiro atoms. The molecule has 2 heterocycles. The van der Waals surface area contributed by atoms with E-state index >= 15 is 0 Å². The Balaban J connectivity index is 1.45. The summed E-state index contributed by atoms with van der Waals surface area (Å²) in [6.45, 7) is 1.11. The van der Waals surface area contributed by atoms with Crippen LogP contribution in [-0.2, 0) is 17.9 Å². The number of carbonyl (C=O) groups is 1. The summed E-state index contributed by atoms with van der Waals surface area (Å²) in [5, 5.41) is 18.3. The lowest BCUT2D eigenvalue weighted by Gasteiger charge is -2.23. The molecule has 0 unspecified atom stereocenters. The largest absolute Gasteiger partial charge is 0.354 e. The van der Waals surface area contributed by atoms with Gasteiger partial charge in [-0.2, -0.15) is 5.10 Å². The SMILES string of the molecule is O=C(NCCn1ncc2c(=O)n(Cc3ccc([N+](=O)[O-])cc3)cnc21)C1CCC1. The van der Waals surface area contributed by atoms with E-state index in [0.717, 1.165) is 24.8 Å². The highest BCUT2D eigenvalue weighted by molar-refractivity contribution is 5.79. The van der Waals surface area contributed by atoms with Crippen molar-refractivity contribution in [3.8, 4) is 0 Å². The van der Waals surface area contributed by atoms with E-state index in [1.807, 2.05) is 0 Å². The van der Waals surface area contributed by atoms with E-state index in [1.165, 1.54) is 29.2 Å². The highest BCUT2D eigenvalue weighted by atomic mass is 16.6. The van der Waals surface area contributed by atoms with Crippen LogP contribution in [0.2, 0.25) is 0 Å². The van der Waals surface area contributed by atoms with Crippen LogP contribution in [-0.4, -0.2) is 36.7 Å². The molecular weight excluding hydrogens is 376 g/mol. The quantitative estimate of drug-likeness (QED) is 0.476. The number of nitro groups is 1. The number of rotatable bonds is 7. The molecule has 1 aromatic carbocycles. The Morgan fingerprint density at radius 2 is 2.03 bits per heavy atom. The molecule has 0 aliphatic heterocycles. The second kappa shape index (κ2) is 7.82. The first kappa shape index (κ1) is 18.8. The Morgan fingerprint density at radius 3 is 2.69 bits per heavy atom. The summed E-state index contributed by atoms with van der Waals surface area (Å²) >= 11 is 0. The van der Waals surface area contributed by atoms with Gasteiger partial charge in [0, 0.05) is 24.6 Å².